The molecule has 0 saturated carbocycles. The fraction of sp³-hybridized carbons (Fsp3) is 0.455. The highest BCUT2D eigenvalue weighted by Gasteiger charge is 2.09. The summed E-state index contributed by atoms with van der Waals surface area (Å²) in [6, 6.07) is 5.78. The number of likely N-dealkylation sites (N-methyl/N-ethyl adjacent to an activating group) is 1. The standard InChI is InChI=1S/C11H16BrN3O/c1-8(2)13-11(16)7-15(3)10-6-4-5-9(12)14-10/h4-6,8H,7H2,1-3H3,(H,13,16). The molecule has 0 atom stereocenters. The van der Waals surface area contributed by atoms with Crippen molar-refractivity contribution in [3.63, 3.8) is 0 Å². The van der Waals surface area contributed by atoms with Crippen LogP contribution in [0.1, 0.15) is 13.8 Å². The Kier molecular flexibility index (Phi) is 4.73. The third kappa shape index (κ3) is 4.18. The van der Waals surface area contributed by atoms with Crippen LogP contribution in [-0.2, 0) is 4.79 Å². The van der Waals surface area contributed by atoms with E-state index in [9.17, 15) is 4.79 Å². The normalized spacial score (nSPS) is 10.3. The van der Waals surface area contributed by atoms with Crippen molar-refractivity contribution in [1.82, 2.24) is 10.3 Å². The number of carbonyl (C=O) groups excluding carboxylic acids is 1. The topological polar surface area (TPSA) is 45.2 Å². The number of halogens is 1. The Labute approximate surface area is 104 Å². The van der Waals surface area contributed by atoms with Gasteiger partial charge in [-0.3, -0.25) is 4.79 Å². The minimum atomic E-state index is -0.000671. The van der Waals surface area contributed by atoms with Crippen LogP contribution < -0.4 is 10.2 Å². The van der Waals surface area contributed by atoms with Crippen LogP contribution in [0.25, 0.3) is 0 Å². The summed E-state index contributed by atoms with van der Waals surface area (Å²) >= 11 is 3.30. The highest BCUT2D eigenvalue weighted by molar-refractivity contribution is 9.10. The van der Waals surface area contributed by atoms with E-state index >= 15 is 0 Å². The van der Waals surface area contributed by atoms with E-state index in [1.54, 1.807) is 0 Å². The first-order chi connectivity index (χ1) is 7.49. The monoisotopic (exact) mass is 285 g/mol. The molecule has 1 rings (SSSR count). The van der Waals surface area contributed by atoms with Crippen LogP contribution in [0.15, 0.2) is 22.8 Å². The van der Waals surface area contributed by atoms with Gasteiger partial charge in [-0.05, 0) is 41.9 Å². The van der Waals surface area contributed by atoms with E-state index < -0.39 is 0 Å². The number of nitrogens with zero attached hydrogens (tertiary/aromatic N) is 2. The van der Waals surface area contributed by atoms with Crippen LogP contribution >= 0.6 is 15.9 Å². The van der Waals surface area contributed by atoms with Crippen molar-refractivity contribution in [3.8, 4) is 0 Å². The minimum absolute atomic E-state index is 0.000671. The van der Waals surface area contributed by atoms with E-state index in [-0.39, 0.29) is 11.9 Å². The average Bonchev–Trinajstić information content (AvgIpc) is 2.16. The van der Waals surface area contributed by atoms with E-state index in [2.05, 4.69) is 26.2 Å². The maximum Gasteiger partial charge on any atom is 0.239 e. The first kappa shape index (κ1) is 13.0. The summed E-state index contributed by atoms with van der Waals surface area (Å²) < 4.78 is 0.765. The second kappa shape index (κ2) is 5.84. The zero-order valence-corrected chi connectivity index (χ0v) is 11.3. The molecular weight excluding hydrogens is 270 g/mol. The fourth-order valence-electron chi connectivity index (χ4n) is 1.27. The molecular formula is C11H16BrN3O. The van der Waals surface area contributed by atoms with Crippen LogP contribution in [0.4, 0.5) is 5.82 Å². The number of pyridine rings is 1. The Bertz CT molecular complexity index is 368. The number of carbonyl (C=O) groups is 1. The Morgan fingerprint density at radius 2 is 2.25 bits per heavy atom. The second-order valence-corrected chi connectivity index (χ2v) is 4.71. The Morgan fingerprint density at radius 3 is 2.81 bits per heavy atom. The summed E-state index contributed by atoms with van der Waals surface area (Å²) in [6.45, 7) is 4.19. The average molecular weight is 286 g/mol. The molecule has 1 amide bonds. The molecule has 1 aromatic heterocycles. The van der Waals surface area contributed by atoms with Gasteiger partial charge in [0.1, 0.15) is 10.4 Å². The maximum absolute atomic E-state index is 11.5. The van der Waals surface area contributed by atoms with E-state index in [4.69, 9.17) is 0 Å². The number of anilines is 1. The quantitative estimate of drug-likeness (QED) is 0.859. The van der Waals surface area contributed by atoms with Gasteiger partial charge in [-0.2, -0.15) is 0 Å². The van der Waals surface area contributed by atoms with Crippen LogP contribution in [-0.4, -0.2) is 30.5 Å². The SMILES string of the molecule is CC(C)NC(=O)CN(C)c1cccc(Br)n1. The number of nitrogens with one attached hydrogen (secondary N) is 1. The molecule has 0 saturated heterocycles. The predicted octanol–water partition coefficient (Wildman–Crippen LogP) is 1.80. The van der Waals surface area contributed by atoms with Gasteiger partial charge in [0.25, 0.3) is 0 Å². The number of hydrogen-bond donors (Lipinski definition) is 1. The van der Waals surface area contributed by atoms with Crippen LogP contribution in [0, 0.1) is 0 Å². The zero-order valence-electron chi connectivity index (χ0n) is 9.70. The lowest BCUT2D eigenvalue weighted by Crippen LogP contribution is -2.38. The third-order valence-corrected chi connectivity index (χ3v) is 2.36. The highest BCUT2D eigenvalue weighted by atomic mass is 79.9. The molecule has 0 aliphatic heterocycles. The summed E-state index contributed by atoms with van der Waals surface area (Å²) in [7, 11) is 1.84. The minimum Gasteiger partial charge on any atom is -0.352 e. The van der Waals surface area contributed by atoms with Crippen molar-refractivity contribution in [2.45, 2.75) is 19.9 Å². The molecule has 88 valence electrons. The lowest BCUT2D eigenvalue weighted by molar-refractivity contribution is -0.120. The van der Waals surface area contributed by atoms with Gasteiger partial charge in [0, 0.05) is 13.1 Å². The highest BCUT2D eigenvalue weighted by Crippen LogP contribution is 2.12. The molecule has 0 aromatic carbocycles. The number of hydrogen-bond acceptors (Lipinski definition) is 3. The molecule has 0 aliphatic rings. The van der Waals surface area contributed by atoms with Gasteiger partial charge in [0.2, 0.25) is 5.91 Å². The summed E-state index contributed by atoms with van der Waals surface area (Å²) in [5.74, 6) is 0.771. The smallest absolute Gasteiger partial charge is 0.239 e. The molecule has 0 bridgehead atoms. The van der Waals surface area contributed by atoms with E-state index in [0.29, 0.717) is 6.54 Å². The summed E-state index contributed by atoms with van der Waals surface area (Å²) in [6.07, 6.45) is 0. The van der Waals surface area contributed by atoms with Crippen molar-refractivity contribution < 1.29 is 4.79 Å². The lowest BCUT2D eigenvalue weighted by Gasteiger charge is -2.18. The van der Waals surface area contributed by atoms with Crippen molar-refractivity contribution in [1.29, 1.82) is 0 Å². The van der Waals surface area contributed by atoms with E-state index in [1.165, 1.54) is 0 Å². The number of aromatic nitrogens is 1. The van der Waals surface area contributed by atoms with Crippen molar-refractivity contribution in [3.05, 3.63) is 22.8 Å². The Balaban J connectivity index is 2.58. The molecule has 16 heavy (non-hydrogen) atoms. The van der Waals surface area contributed by atoms with Gasteiger partial charge in [0.15, 0.2) is 0 Å². The Hall–Kier alpha value is -1.10. The number of rotatable bonds is 4. The van der Waals surface area contributed by atoms with Gasteiger partial charge in [0.05, 0.1) is 6.54 Å². The van der Waals surface area contributed by atoms with Crippen LogP contribution in [0.3, 0.4) is 0 Å². The zero-order chi connectivity index (χ0) is 12.1. The molecule has 1 N–H and O–H groups in total. The van der Waals surface area contributed by atoms with Crippen molar-refractivity contribution in [2.24, 2.45) is 0 Å². The van der Waals surface area contributed by atoms with Crippen LogP contribution in [0.2, 0.25) is 0 Å². The Morgan fingerprint density at radius 1 is 1.56 bits per heavy atom. The summed E-state index contributed by atoms with van der Waals surface area (Å²) in [4.78, 5) is 17.6. The molecule has 0 fully saturated rings. The number of amides is 1. The van der Waals surface area contributed by atoms with E-state index in [1.807, 2.05) is 44.0 Å². The molecule has 1 heterocycles. The van der Waals surface area contributed by atoms with Crippen LogP contribution in [0.5, 0.6) is 0 Å². The second-order valence-electron chi connectivity index (χ2n) is 3.90. The van der Waals surface area contributed by atoms with E-state index in [0.717, 1.165) is 10.4 Å². The molecule has 0 aliphatic carbocycles. The molecule has 0 radical (unpaired) electrons. The molecule has 0 unspecified atom stereocenters. The maximum atomic E-state index is 11.5. The third-order valence-electron chi connectivity index (χ3n) is 1.92. The largest absolute Gasteiger partial charge is 0.352 e. The first-order valence-corrected chi connectivity index (χ1v) is 5.91. The van der Waals surface area contributed by atoms with Gasteiger partial charge in [-0.15, -0.1) is 0 Å². The molecule has 0 spiro atoms. The van der Waals surface area contributed by atoms with Gasteiger partial charge >= 0.3 is 0 Å². The fourth-order valence-corrected chi connectivity index (χ4v) is 1.61. The molecule has 5 heteroatoms. The predicted molar refractivity (Wildman–Crippen MR) is 68.5 cm³/mol. The van der Waals surface area contributed by atoms with Gasteiger partial charge in [-0.1, -0.05) is 6.07 Å². The summed E-state index contributed by atoms with van der Waals surface area (Å²) in [5, 5.41) is 2.84. The van der Waals surface area contributed by atoms with Crippen molar-refractivity contribution >= 4 is 27.7 Å². The summed E-state index contributed by atoms with van der Waals surface area (Å²) in [5.41, 5.74) is 0. The molecule has 1 aromatic rings. The first-order valence-electron chi connectivity index (χ1n) is 5.12. The lowest BCUT2D eigenvalue weighted by atomic mass is 10.3. The van der Waals surface area contributed by atoms with Gasteiger partial charge in [-0.25, -0.2) is 4.98 Å². The van der Waals surface area contributed by atoms with Crippen molar-refractivity contribution in [2.75, 3.05) is 18.5 Å². The van der Waals surface area contributed by atoms with Gasteiger partial charge < -0.3 is 10.2 Å². The molecule has 4 nitrogen and oxygen atoms in total.